The molecule has 0 unspecified atom stereocenters. The molecule has 1 aromatic heterocycles. The third kappa shape index (κ3) is 2.12. The molecule has 2 aromatic carbocycles. The normalized spacial score (nSPS) is 30.9. The maximum absolute atomic E-state index is 13.9. The van der Waals surface area contributed by atoms with E-state index in [0.717, 1.165) is 61.9 Å². The number of furan rings is 1. The molecule has 0 radical (unpaired) electrons. The van der Waals surface area contributed by atoms with Crippen molar-refractivity contribution in [1.29, 1.82) is 0 Å². The highest BCUT2D eigenvalue weighted by Gasteiger charge is 2.66. The third-order valence-corrected chi connectivity index (χ3v) is 8.32. The Bertz CT molecular complexity index is 1110. The molecule has 1 amide bonds. The molecule has 0 N–H and O–H groups in total. The minimum absolute atomic E-state index is 0.233. The molecule has 3 saturated heterocycles. The average Bonchev–Trinajstić information content (AvgIpc) is 3.54. The molecule has 4 heteroatoms. The van der Waals surface area contributed by atoms with E-state index in [1.165, 1.54) is 11.1 Å². The van der Waals surface area contributed by atoms with Gasteiger partial charge in [-0.25, -0.2) is 0 Å². The van der Waals surface area contributed by atoms with Gasteiger partial charge in [-0.1, -0.05) is 42.5 Å². The molecule has 3 atom stereocenters. The molecule has 4 aliphatic rings. The molecular formula is C26H26N2O2. The van der Waals surface area contributed by atoms with Crippen LogP contribution in [0.3, 0.4) is 0 Å². The summed E-state index contributed by atoms with van der Waals surface area (Å²) in [4.78, 5) is 18.7. The minimum Gasteiger partial charge on any atom is -0.459 e. The van der Waals surface area contributed by atoms with Crippen LogP contribution in [0.1, 0.15) is 42.2 Å². The minimum atomic E-state index is -0.293. The number of nitrogens with zero attached hydrogens (tertiary/aromatic N) is 2. The van der Waals surface area contributed by atoms with Crippen LogP contribution in [-0.2, 0) is 17.6 Å². The monoisotopic (exact) mass is 398 g/mol. The zero-order chi connectivity index (χ0) is 19.9. The van der Waals surface area contributed by atoms with Gasteiger partial charge in [0.1, 0.15) is 16.9 Å². The van der Waals surface area contributed by atoms with Gasteiger partial charge in [-0.2, -0.15) is 0 Å². The van der Waals surface area contributed by atoms with E-state index in [-0.39, 0.29) is 11.6 Å². The summed E-state index contributed by atoms with van der Waals surface area (Å²) in [6, 6.07) is 19.7. The zero-order valence-electron chi connectivity index (χ0n) is 17.1. The third-order valence-electron chi connectivity index (χ3n) is 8.32. The van der Waals surface area contributed by atoms with Crippen molar-refractivity contribution in [3.05, 3.63) is 71.5 Å². The quantitative estimate of drug-likeness (QED) is 0.644. The first kappa shape index (κ1) is 17.1. The molecule has 3 aromatic rings. The predicted molar refractivity (Wildman–Crippen MR) is 115 cm³/mol. The van der Waals surface area contributed by atoms with Gasteiger partial charge in [0.2, 0.25) is 5.91 Å². The Morgan fingerprint density at radius 3 is 2.57 bits per heavy atom. The van der Waals surface area contributed by atoms with Crippen LogP contribution in [0.15, 0.2) is 59.0 Å². The van der Waals surface area contributed by atoms with Gasteiger partial charge in [0.05, 0.1) is 6.04 Å². The lowest BCUT2D eigenvalue weighted by Gasteiger charge is -2.34. The van der Waals surface area contributed by atoms with Crippen LogP contribution >= 0.6 is 0 Å². The first-order valence-electron chi connectivity index (χ1n) is 11.4. The number of para-hydroxylation sites is 1. The number of likely N-dealkylation sites (tertiary alicyclic amines) is 1. The van der Waals surface area contributed by atoms with E-state index in [2.05, 4.69) is 52.3 Å². The Morgan fingerprint density at radius 2 is 1.77 bits per heavy atom. The second kappa shape index (κ2) is 5.98. The van der Waals surface area contributed by atoms with Crippen LogP contribution in [-0.4, -0.2) is 40.4 Å². The molecule has 0 saturated carbocycles. The fourth-order valence-corrected chi connectivity index (χ4v) is 7.03. The van der Waals surface area contributed by atoms with Gasteiger partial charge in [-0.05, 0) is 55.4 Å². The van der Waals surface area contributed by atoms with Crippen molar-refractivity contribution >= 4 is 16.9 Å². The van der Waals surface area contributed by atoms with E-state index in [4.69, 9.17) is 4.42 Å². The van der Waals surface area contributed by atoms with E-state index in [0.29, 0.717) is 17.9 Å². The lowest BCUT2D eigenvalue weighted by Crippen LogP contribution is -2.51. The van der Waals surface area contributed by atoms with Gasteiger partial charge in [-0.15, -0.1) is 0 Å². The number of rotatable bonds is 2. The molecule has 30 heavy (non-hydrogen) atoms. The summed E-state index contributed by atoms with van der Waals surface area (Å²) in [6.45, 7) is 1.91. The van der Waals surface area contributed by atoms with Gasteiger partial charge in [0.15, 0.2) is 0 Å². The molecule has 1 aliphatic carbocycles. The maximum Gasteiger partial charge on any atom is 0.243 e. The lowest BCUT2D eigenvalue weighted by atomic mass is 9.85. The summed E-state index contributed by atoms with van der Waals surface area (Å²) in [5.74, 6) is 1.84. The first-order valence-corrected chi connectivity index (χ1v) is 11.4. The van der Waals surface area contributed by atoms with Gasteiger partial charge in [-0.3, -0.25) is 9.69 Å². The SMILES string of the molecule is O=C1N(C2Cc3ccccc3C2)C[C@@H]2C[C@@H](c3cc4ccccc4o3)N3CCC[C@@]123. The zero-order valence-corrected chi connectivity index (χ0v) is 17.1. The van der Waals surface area contributed by atoms with Crippen LogP contribution in [0.5, 0.6) is 0 Å². The first-order chi connectivity index (χ1) is 14.7. The average molecular weight is 399 g/mol. The summed E-state index contributed by atoms with van der Waals surface area (Å²) in [6.07, 6.45) is 5.16. The van der Waals surface area contributed by atoms with Crippen LogP contribution in [0, 0.1) is 5.92 Å². The largest absolute Gasteiger partial charge is 0.459 e. The lowest BCUT2D eigenvalue weighted by molar-refractivity contribution is -0.138. The van der Waals surface area contributed by atoms with Crippen LogP contribution < -0.4 is 0 Å². The standard InChI is InChI=1S/C26H26N2O2/c29-25-26-10-5-11-28(26)22(24-14-19-8-3-4-9-23(19)30-24)15-20(26)16-27(25)21-12-17-6-1-2-7-18(17)13-21/h1-4,6-9,14,20-22H,5,10-13,15-16H2/t20-,22-,26-/m0/s1. The number of fused-ring (bicyclic) bond motifs is 2. The van der Waals surface area contributed by atoms with E-state index in [1.54, 1.807) is 0 Å². The Hall–Kier alpha value is -2.59. The van der Waals surface area contributed by atoms with Crippen LogP contribution in [0.2, 0.25) is 0 Å². The van der Waals surface area contributed by atoms with Gasteiger partial charge in [0, 0.05) is 30.4 Å². The summed E-state index contributed by atoms with van der Waals surface area (Å²) in [5.41, 5.74) is 3.51. The van der Waals surface area contributed by atoms with Crippen LogP contribution in [0.4, 0.5) is 0 Å². The molecule has 4 nitrogen and oxygen atoms in total. The molecule has 1 spiro atoms. The van der Waals surface area contributed by atoms with E-state index < -0.39 is 0 Å². The van der Waals surface area contributed by atoms with Crippen LogP contribution in [0.25, 0.3) is 11.0 Å². The van der Waals surface area contributed by atoms with Gasteiger partial charge < -0.3 is 9.32 Å². The summed E-state index contributed by atoms with van der Waals surface area (Å²) < 4.78 is 6.26. The van der Waals surface area contributed by atoms with Crippen molar-refractivity contribution in [3.63, 3.8) is 0 Å². The Kier molecular flexibility index (Phi) is 3.41. The van der Waals surface area contributed by atoms with E-state index in [1.807, 2.05) is 12.1 Å². The topological polar surface area (TPSA) is 36.7 Å². The molecular weight excluding hydrogens is 372 g/mol. The number of hydrogen-bond acceptors (Lipinski definition) is 3. The van der Waals surface area contributed by atoms with Crippen molar-refractivity contribution in [2.24, 2.45) is 5.92 Å². The van der Waals surface area contributed by atoms with Crippen molar-refractivity contribution in [3.8, 4) is 0 Å². The summed E-state index contributed by atoms with van der Waals surface area (Å²) in [5, 5.41) is 1.16. The van der Waals surface area contributed by atoms with E-state index >= 15 is 0 Å². The van der Waals surface area contributed by atoms with E-state index in [9.17, 15) is 4.79 Å². The predicted octanol–water partition coefficient (Wildman–Crippen LogP) is 4.34. The Labute approximate surface area is 176 Å². The van der Waals surface area contributed by atoms with Crippen molar-refractivity contribution in [2.75, 3.05) is 13.1 Å². The smallest absolute Gasteiger partial charge is 0.243 e. The molecule has 7 rings (SSSR count). The number of benzene rings is 2. The van der Waals surface area contributed by atoms with Gasteiger partial charge in [0.25, 0.3) is 0 Å². The molecule has 3 fully saturated rings. The number of carbonyl (C=O) groups excluding carboxylic acids is 1. The highest BCUT2D eigenvalue weighted by Crippen LogP contribution is 2.57. The highest BCUT2D eigenvalue weighted by atomic mass is 16.3. The summed E-state index contributed by atoms with van der Waals surface area (Å²) >= 11 is 0. The van der Waals surface area contributed by atoms with Crippen molar-refractivity contribution in [1.82, 2.24) is 9.80 Å². The number of hydrogen-bond donors (Lipinski definition) is 0. The molecule has 0 bridgehead atoms. The summed E-state index contributed by atoms with van der Waals surface area (Å²) in [7, 11) is 0. The number of amides is 1. The van der Waals surface area contributed by atoms with Crippen molar-refractivity contribution in [2.45, 2.75) is 49.7 Å². The maximum atomic E-state index is 13.9. The highest BCUT2D eigenvalue weighted by molar-refractivity contribution is 5.91. The molecule has 152 valence electrons. The van der Waals surface area contributed by atoms with Gasteiger partial charge >= 0.3 is 0 Å². The number of carbonyl (C=O) groups is 1. The Balaban J connectivity index is 1.21. The Morgan fingerprint density at radius 1 is 1.00 bits per heavy atom. The molecule has 3 aliphatic heterocycles. The fourth-order valence-electron chi connectivity index (χ4n) is 7.03. The van der Waals surface area contributed by atoms with Crippen molar-refractivity contribution < 1.29 is 9.21 Å². The second-order valence-electron chi connectivity index (χ2n) is 9.64. The second-order valence-corrected chi connectivity index (χ2v) is 9.64. The molecule has 4 heterocycles. The fraction of sp³-hybridized carbons (Fsp3) is 0.423.